The number of nitrogens with zero attached hydrogens (tertiary/aromatic N) is 3. The fraction of sp³-hybridized carbons (Fsp3) is 0.400. The van der Waals surface area contributed by atoms with E-state index >= 15 is 0 Å². The Morgan fingerprint density at radius 1 is 1.47 bits per heavy atom. The van der Waals surface area contributed by atoms with E-state index in [9.17, 15) is 14.3 Å². The molecular formula is C20H22ClFN6O2. The molecule has 3 heterocycles. The number of hydrogen-bond acceptors (Lipinski definition) is 6. The van der Waals surface area contributed by atoms with Gasteiger partial charge in [0.1, 0.15) is 5.65 Å². The number of aromatic nitrogens is 4. The second-order valence-electron chi connectivity index (χ2n) is 7.81. The second kappa shape index (κ2) is 7.81. The molecule has 3 aromatic heterocycles. The number of rotatable bonds is 5. The summed E-state index contributed by atoms with van der Waals surface area (Å²) >= 11 is 6.05. The Balaban J connectivity index is 1.61. The van der Waals surface area contributed by atoms with Gasteiger partial charge in [-0.05, 0) is 31.7 Å². The lowest BCUT2D eigenvalue weighted by Gasteiger charge is -2.40. The van der Waals surface area contributed by atoms with Gasteiger partial charge in [0.15, 0.2) is 17.5 Å². The number of anilines is 1. The predicted molar refractivity (Wildman–Crippen MR) is 111 cm³/mol. The Morgan fingerprint density at radius 3 is 3.03 bits per heavy atom. The van der Waals surface area contributed by atoms with Crippen molar-refractivity contribution in [2.75, 3.05) is 5.32 Å². The highest BCUT2D eigenvalue weighted by molar-refractivity contribution is 6.31. The zero-order valence-corrected chi connectivity index (χ0v) is 17.1. The Hall–Kier alpha value is -2.78. The monoisotopic (exact) mass is 432 g/mol. The molecule has 3 atom stereocenters. The number of nitrogens with one attached hydrogen (secondary N) is 2. The summed E-state index contributed by atoms with van der Waals surface area (Å²) in [7, 11) is 0. The molecule has 8 nitrogen and oxygen atoms in total. The van der Waals surface area contributed by atoms with Crippen molar-refractivity contribution in [3.8, 4) is 11.4 Å². The number of amides is 1. The molecule has 0 radical (unpaired) electrons. The Bertz CT molecular complexity index is 1110. The first-order chi connectivity index (χ1) is 14.3. The number of carbonyl (C=O) groups excluding carboxylic acids is 1. The summed E-state index contributed by atoms with van der Waals surface area (Å²) in [6.07, 6.45) is 6.44. The van der Waals surface area contributed by atoms with Gasteiger partial charge in [-0.3, -0.25) is 4.79 Å². The minimum Gasteiger partial charge on any atom is -0.389 e. The van der Waals surface area contributed by atoms with E-state index in [2.05, 4.69) is 25.3 Å². The van der Waals surface area contributed by atoms with E-state index in [0.717, 1.165) is 11.6 Å². The third-order valence-corrected chi connectivity index (χ3v) is 6.03. The molecule has 0 spiro atoms. The van der Waals surface area contributed by atoms with Crippen molar-refractivity contribution in [2.24, 2.45) is 11.7 Å². The van der Waals surface area contributed by atoms with Crippen LogP contribution in [0.15, 0.2) is 24.7 Å². The van der Waals surface area contributed by atoms with Crippen LogP contribution in [0.5, 0.6) is 0 Å². The average Bonchev–Trinajstić information content (AvgIpc) is 3.12. The van der Waals surface area contributed by atoms with E-state index in [4.69, 9.17) is 17.3 Å². The third-order valence-electron chi connectivity index (χ3n) is 5.82. The first kappa shape index (κ1) is 20.5. The van der Waals surface area contributed by atoms with Crippen LogP contribution in [0.4, 0.5) is 10.2 Å². The number of pyridine rings is 1. The number of carbonyl (C=O) groups is 1. The molecule has 5 N–H and O–H groups in total. The van der Waals surface area contributed by atoms with E-state index in [1.165, 1.54) is 6.20 Å². The molecule has 0 saturated heterocycles. The van der Waals surface area contributed by atoms with Crippen LogP contribution < -0.4 is 11.1 Å². The lowest BCUT2D eigenvalue weighted by atomic mass is 9.74. The van der Waals surface area contributed by atoms with Crippen molar-refractivity contribution in [3.63, 3.8) is 0 Å². The van der Waals surface area contributed by atoms with Crippen LogP contribution in [0, 0.1) is 11.7 Å². The van der Waals surface area contributed by atoms with Crippen LogP contribution in [-0.2, 0) is 4.79 Å². The van der Waals surface area contributed by atoms with Crippen LogP contribution >= 0.6 is 11.6 Å². The van der Waals surface area contributed by atoms with Crippen molar-refractivity contribution in [1.29, 1.82) is 0 Å². The molecule has 10 heteroatoms. The second-order valence-corrected chi connectivity index (χ2v) is 8.24. The molecule has 1 aliphatic rings. The van der Waals surface area contributed by atoms with Gasteiger partial charge in [-0.2, -0.15) is 0 Å². The molecule has 1 fully saturated rings. The summed E-state index contributed by atoms with van der Waals surface area (Å²) in [6, 6.07) is 1.48. The van der Waals surface area contributed by atoms with Gasteiger partial charge in [0.2, 0.25) is 5.91 Å². The fourth-order valence-electron chi connectivity index (χ4n) is 4.02. The van der Waals surface area contributed by atoms with Gasteiger partial charge in [0.05, 0.1) is 22.7 Å². The number of hydrogen-bond donors (Lipinski definition) is 4. The summed E-state index contributed by atoms with van der Waals surface area (Å²) in [4.78, 5) is 27.3. The van der Waals surface area contributed by atoms with Crippen molar-refractivity contribution < 1.29 is 14.3 Å². The van der Waals surface area contributed by atoms with Gasteiger partial charge in [-0.25, -0.2) is 19.3 Å². The van der Waals surface area contributed by atoms with Gasteiger partial charge < -0.3 is 21.1 Å². The molecule has 0 aromatic carbocycles. The first-order valence-corrected chi connectivity index (χ1v) is 10.1. The Labute approximate surface area is 177 Å². The fourth-order valence-corrected chi connectivity index (χ4v) is 4.18. The summed E-state index contributed by atoms with van der Waals surface area (Å²) in [6.45, 7) is 1.62. The van der Waals surface area contributed by atoms with Gasteiger partial charge in [-0.15, -0.1) is 0 Å². The number of aromatic amines is 1. The molecule has 4 rings (SSSR count). The van der Waals surface area contributed by atoms with Crippen molar-refractivity contribution in [1.82, 2.24) is 19.9 Å². The number of primary amides is 1. The van der Waals surface area contributed by atoms with Crippen LogP contribution in [0.1, 0.15) is 32.6 Å². The molecule has 1 saturated carbocycles. The third kappa shape index (κ3) is 3.82. The van der Waals surface area contributed by atoms with E-state index in [1.807, 2.05) is 0 Å². The lowest BCUT2D eigenvalue weighted by Crippen LogP contribution is -2.49. The smallest absolute Gasteiger partial charge is 0.223 e. The maximum absolute atomic E-state index is 14.5. The first-order valence-electron chi connectivity index (χ1n) is 9.70. The minimum atomic E-state index is -1.23. The SMILES string of the molecule is CC(C(N)=O)[C@]1(O)CCC[C@H](Nc2nc(-c3c[nH]c4ncc(Cl)cc34)ncc2F)C1. The standard InChI is InChI=1S/C20H22ClFN6O2/c1-10(16(23)29)20(30)4-2-3-12(6-20)27-19-15(22)9-26-18(28-19)14-8-25-17-13(14)5-11(21)7-24-17/h5,7-10,12,30H,2-4,6H2,1H3,(H2,23,29)(H,24,25)(H,26,27,28)/t10?,12-,20-/m0/s1. The van der Waals surface area contributed by atoms with E-state index in [1.54, 1.807) is 19.2 Å². The highest BCUT2D eigenvalue weighted by Crippen LogP contribution is 2.36. The summed E-state index contributed by atoms with van der Waals surface area (Å²) in [5.41, 5.74) is 5.42. The molecule has 1 amide bonds. The van der Waals surface area contributed by atoms with Gasteiger partial charge in [0, 0.05) is 29.4 Å². The zero-order valence-electron chi connectivity index (χ0n) is 16.3. The number of nitrogens with two attached hydrogens (primary N) is 1. The summed E-state index contributed by atoms with van der Waals surface area (Å²) in [5.74, 6) is -1.51. The molecule has 30 heavy (non-hydrogen) atoms. The van der Waals surface area contributed by atoms with Crippen LogP contribution in [0.3, 0.4) is 0 Å². The largest absolute Gasteiger partial charge is 0.389 e. The lowest BCUT2D eigenvalue weighted by molar-refractivity contribution is -0.133. The van der Waals surface area contributed by atoms with Gasteiger partial charge >= 0.3 is 0 Å². The molecule has 0 bridgehead atoms. The number of fused-ring (bicyclic) bond motifs is 1. The maximum Gasteiger partial charge on any atom is 0.223 e. The summed E-state index contributed by atoms with van der Waals surface area (Å²) < 4.78 is 14.5. The highest BCUT2D eigenvalue weighted by atomic mass is 35.5. The normalized spacial score (nSPS) is 22.7. The van der Waals surface area contributed by atoms with Crippen molar-refractivity contribution >= 4 is 34.4 Å². The molecule has 1 aliphatic carbocycles. The van der Waals surface area contributed by atoms with Gasteiger partial charge in [-0.1, -0.05) is 18.5 Å². The molecular weight excluding hydrogens is 411 g/mol. The number of H-pyrrole nitrogens is 1. The maximum atomic E-state index is 14.5. The molecule has 158 valence electrons. The van der Waals surface area contributed by atoms with Gasteiger partial charge in [0.25, 0.3) is 0 Å². The molecule has 1 unspecified atom stereocenters. The van der Waals surface area contributed by atoms with E-state index in [-0.39, 0.29) is 18.3 Å². The Morgan fingerprint density at radius 2 is 2.27 bits per heavy atom. The van der Waals surface area contributed by atoms with Crippen molar-refractivity contribution in [2.45, 2.75) is 44.2 Å². The zero-order chi connectivity index (χ0) is 21.5. The van der Waals surface area contributed by atoms with E-state index in [0.29, 0.717) is 41.3 Å². The summed E-state index contributed by atoms with van der Waals surface area (Å²) in [5, 5.41) is 15.1. The highest BCUT2D eigenvalue weighted by Gasteiger charge is 2.41. The van der Waals surface area contributed by atoms with Crippen LogP contribution in [0.2, 0.25) is 5.02 Å². The van der Waals surface area contributed by atoms with E-state index < -0.39 is 23.2 Å². The topological polar surface area (TPSA) is 130 Å². The number of aliphatic hydroxyl groups is 1. The average molecular weight is 433 g/mol. The predicted octanol–water partition coefficient (Wildman–Crippen LogP) is 3.02. The Kier molecular flexibility index (Phi) is 5.33. The molecule has 3 aromatic rings. The van der Waals surface area contributed by atoms with Crippen molar-refractivity contribution in [3.05, 3.63) is 35.5 Å². The van der Waals surface area contributed by atoms with Crippen LogP contribution in [0.25, 0.3) is 22.4 Å². The minimum absolute atomic E-state index is 0.0327. The quantitative estimate of drug-likeness (QED) is 0.490. The number of halogens is 2. The molecule has 0 aliphatic heterocycles. The van der Waals surface area contributed by atoms with Crippen LogP contribution in [-0.4, -0.2) is 42.6 Å².